The van der Waals surface area contributed by atoms with Gasteiger partial charge in [-0.05, 0) is 13.3 Å². The van der Waals surface area contributed by atoms with Gasteiger partial charge < -0.3 is 5.32 Å². The molecule has 1 aliphatic rings. The van der Waals surface area contributed by atoms with Crippen LogP contribution in [0, 0.1) is 0 Å². The Kier molecular flexibility index (Phi) is 5.89. The van der Waals surface area contributed by atoms with Crippen LogP contribution < -0.4 is 5.32 Å². The molecule has 1 aliphatic heterocycles. The highest BCUT2D eigenvalue weighted by atomic mass is 32.2. The molecule has 1 fully saturated rings. The third-order valence-corrected chi connectivity index (χ3v) is 5.23. The SMILES string of the molecule is CCCC1CN(CCS(=O)(=O)CC)C(C)CN1. The highest BCUT2D eigenvalue weighted by molar-refractivity contribution is 7.91. The second-order valence-electron chi connectivity index (χ2n) is 4.97. The molecule has 0 amide bonds. The molecule has 0 saturated carbocycles. The smallest absolute Gasteiger partial charge is 0.151 e. The molecule has 0 aromatic heterocycles. The molecule has 102 valence electrons. The van der Waals surface area contributed by atoms with Crippen molar-refractivity contribution >= 4 is 9.84 Å². The van der Waals surface area contributed by atoms with Crippen molar-refractivity contribution in [3.8, 4) is 0 Å². The van der Waals surface area contributed by atoms with Crippen molar-refractivity contribution in [2.45, 2.75) is 45.7 Å². The molecule has 2 atom stereocenters. The van der Waals surface area contributed by atoms with Gasteiger partial charge in [-0.25, -0.2) is 8.42 Å². The lowest BCUT2D eigenvalue weighted by atomic mass is 10.1. The molecule has 0 radical (unpaired) electrons. The first-order chi connectivity index (χ1) is 7.98. The molecule has 2 unspecified atom stereocenters. The zero-order valence-corrected chi connectivity index (χ0v) is 12.1. The molecule has 1 rings (SSSR count). The highest BCUT2D eigenvalue weighted by Gasteiger charge is 2.25. The molecular weight excluding hydrogens is 236 g/mol. The van der Waals surface area contributed by atoms with Crippen LogP contribution in [-0.4, -0.2) is 56.5 Å². The Labute approximate surface area is 106 Å². The number of nitrogens with zero attached hydrogens (tertiary/aromatic N) is 1. The number of rotatable bonds is 6. The molecule has 0 aliphatic carbocycles. The minimum Gasteiger partial charge on any atom is -0.311 e. The maximum absolute atomic E-state index is 11.5. The van der Waals surface area contributed by atoms with Crippen molar-refractivity contribution in [2.24, 2.45) is 0 Å². The maximum atomic E-state index is 11.5. The lowest BCUT2D eigenvalue weighted by molar-refractivity contribution is 0.145. The molecule has 0 aromatic carbocycles. The number of hydrogen-bond donors (Lipinski definition) is 1. The van der Waals surface area contributed by atoms with Crippen LogP contribution in [0.5, 0.6) is 0 Å². The monoisotopic (exact) mass is 262 g/mol. The molecule has 4 nitrogen and oxygen atoms in total. The Hall–Kier alpha value is -0.130. The summed E-state index contributed by atoms with van der Waals surface area (Å²) in [6, 6.07) is 0.968. The van der Waals surface area contributed by atoms with Crippen LogP contribution in [0.15, 0.2) is 0 Å². The Morgan fingerprint density at radius 3 is 2.65 bits per heavy atom. The zero-order chi connectivity index (χ0) is 12.9. The van der Waals surface area contributed by atoms with Crippen LogP contribution in [0.1, 0.15) is 33.6 Å². The third-order valence-electron chi connectivity index (χ3n) is 3.55. The minimum atomic E-state index is -2.83. The Bertz CT molecular complexity index is 316. The van der Waals surface area contributed by atoms with Gasteiger partial charge in [0.2, 0.25) is 0 Å². The van der Waals surface area contributed by atoms with E-state index in [1.165, 1.54) is 12.8 Å². The van der Waals surface area contributed by atoms with E-state index in [-0.39, 0.29) is 5.75 Å². The Morgan fingerprint density at radius 2 is 2.06 bits per heavy atom. The summed E-state index contributed by atoms with van der Waals surface area (Å²) in [5.74, 6) is 0.554. The van der Waals surface area contributed by atoms with Gasteiger partial charge >= 0.3 is 0 Å². The quantitative estimate of drug-likeness (QED) is 0.772. The number of hydrogen-bond acceptors (Lipinski definition) is 4. The third kappa shape index (κ3) is 4.94. The zero-order valence-electron chi connectivity index (χ0n) is 11.3. The summed E-state index contributed by atoms with van der Waals surface area (Å²) in [4.78, 5) is 2.31. The topological polar surface area (TPSA) is 49.4 Å². The van der Waals surface area contributed by atoms with Gasteiger partial charge in [0.05, 0.1) is 5.75 Å². The van der Waals surface area contributed by atoms with E-state index in [9.17, 15) is 8.42 Å². The average molecular weight is 262 g/mol. The van der Waals surface area contributed by atoms with Gasteiger partial charge in [-0.1, -0.05) is 20.3 Å². The van der Waals surface area contributed by atoms with Gasteiger partial charge in [0.1, 0.15) is 0 Å². The van der Waals surface area contributed by atoms with Gasteiger partial charge in [-0.15, -0.1) is 0 Å². The normalized spacial score (nSPS) is 27.2. The highest BCUT2D eigenvalue weighted by Crippen LogP contribution is 2.10. The van der Waals surface area contributed by atoms with E-state index in [0.717, 1.165) is 13.1 Å². The fourth-order valence-electron chi connectivity index (χ4n) is 2.25. The molecule has 1 heterocycles. The van der Waals surface area contributed by atoms with E-state index in [1.807, 2.05) is 0 Å². The molecule has 1 saturated heterocycles. The predicted octanol–water partition coefficient (Wildman–Crippen LogP) is 0.884. The lowest BCUT2D eigenvalue weighted by Crippen LogP contribution is -2.56. The van der Waals surface area contributed by atoms with Crippen molar-refractivity contribution in [1.29, 1.82) is 0 Å². The second-order valence-corrected chi connectivity index (χ2v) is 7.45. The van der Waals surface area contributed by atoms with Crippen molar-refractivity contribution in [1.82, 2.24) is 10.2 Å². The van der Waals surface area contributed by atoms with Gasteiger partial charge in [0.15, 0.2) is 9.84 Å². The molecule has 17 heavy (non-hydrogen) atoms. The van der Waals surface area contributed by atoms with E-state index in [2.05, 4.69) is 24.1 Å². The van der Waals surface area contributed by atoms with Crippen molar-refractivity contribution in [3.05, 3.63) is 0 Å². The van der Waals surface area contributed by atoms with Crippen molar-refractivity contribution in [2.75, 3.05) is 31.1 Å². The Balaban J connectivity index is 2.45. The minimum absolute atomic E-state index is 0.256. The molecular formula is C12H26N2O2S. The summed E-state index contributed by atoms with van der Waals surface area (Å²) in [7, 11) is -2.83. The first-order valence-corrected chi connectivity index (χ1v) is 8.48. The van der Waals surface area contributed by atoms with E-state index in [1.54, 1.807) is 6.92 Å². The van der Waals surface area contributed by atoms with Gasteiger partial charge in [0, 0.05) is 37.5 Å². The van der Waals surface area contributed by atoms with Crippen LogP contribution in [0.25, 0.3) is 0 Å². The summed E-state index contributed by atoms with van der Waals surface area (Å²) < 4.78 is 23.0. The first kappa shape index (κ1) is 14.9. The Morgan fingerprint density at radius 1 is 1.35 bits per heavy atom. The van der Waals surface area contributed by atoms with E-state index < -0.39 is 9.84 Å². The summed E-state index contributed by atoms with van der Waals surface area (Å²) >= 11 is 0. The molecule has 0 aromatic rings. The van der Waals surface area contributed by atoms with Gasteiger partial charge in [-0.3, -0.25) is 4.90 Å². The van der Waals surface area contributed by atoms with Crippen molar-refractivity contribution < 1.29 is 8.42 Å². The average Bonchev–Trinajstić information content (AvgIpc) is 2.30. The fraction of sp³-hybridized carbons (Fsp3) is 1.00. The van der Waals surface area contributed by atoms with Crippen LogP contribution in [0.4, 0.5) is 0 Å². The molecule has 5 heteroatoms. The maximum Gasteiger partial charge on any atom is 0.151 e. The van der Waals surface area contributed by atoms with Gasteiger partial charge in [0.25, 0.3) is 0 Å². The standard InChI is InChI=1S/C12H26N2O2S/c1-4-6-12-10-14(11(3)9-13-12)7-8-17(15,16)5-2/h11-13H,4-10H2,1-3H3. The van der Waals surface area contributed by atoms with Crippen LogP contribution in [-0.2, 0) is 9.84 Å². The molecule has 0 bridgehead atoms. The summed E-state index contributed by atoms with van der Waals surface area (Å²) in [6.45, 7) is 8.69. The predicted molar refractivity (Wildman–Crippen MR) is 72.1 cm³/mol. The summed E-state index contributed by atoms with van der Waals surface area (Å²) in [5.41, 5.74) is 0. The number of nitrogens with one attached hydrogen (secondary N) is 1. The van der Waals surface area contributed by atoms with E-state index in [0.29, 0.717) is 24.4 Å². The summed E-state index contributed by atoms with van der Waals surface area (Å²) in [6.07, 6.45) is 2.34. The van der Waals surface area contributed by atoms with E-state index >= 15 is 0 Å². The molecule has 1 N–H and O–H groups in total. The van der Waals surface area contributed by atoms with Crippen LogP contribution in [0.2, 0.25) is 0 Å². The molecule has 0 spiro atoms. The number of sulfone groups is 1. The summed E-state index contributed by atoms with van der Waals surface area (Å²) in [5, 5.41) is 3.52. The van der Waals surface area contributed by atoms with E-state index in [4.69, 9.17) is 0 Å². The van der Waals surface area contributed by atoms with Crippen molar-refractivity contribution in [3.63, 3.8) is 0 Å². The van der Waals surface area contributed by atoms with Crippen LogP contribution >= 0.6 is 0 Å². The largest absolute Gasteiger partial charge is 0.311 e. The second kappa shape index (κ2) is 6.71. The number of piperazine rings is 1. The van der Waals surface area contributed by atoms with Gasteiger partial charge in [-0.2, -0.15) is 0 Å². The van der Waals surface area contributed by atoms with Crippen LogP contribution in [0.3, 0.4) is 0 Å². The fourth-order valence-corrected chi connectivity index (χ4v) is 3.05. The lowest BCUT2D eigenvalue weighted by Gasteiger charge is -2.38. The first-order valence-electron chi connectivity index (χ1n) is 6.66.